The van der Waals surface area contributed by atoms with Crippen LogP contribution in [0.25, 0.3) is 16.9 Å². The third-order valence-corrected chi connectivity index (χ3v) is 5.03. The lowest BCUT2D eigenvalue weighted by Crippen LogP contribution is -2.31. The number of hydrogen-bond donors (Lipinski definition) is 2. The Morgan fingerprint density at radius 2 is 1.97 bits per heavy atom. The van der Waals surface area contributed by atoms with Gasteiger partial charge in [0.15, 0.2) is 11.5 Å². The minimum absolute atomic E-state index is 0.121. The third kappa shape index (κ3) is 2.96. The van der Waals surface area contributed by atoms with Crippen molar-refractivity contribution < 1.29 is 19.4 Å². The number of anilines is 1. The molecule has 2 aromatic heterocycles. The number of carbonyl (C=O) groups excluding carboxylic acids is 1. The number of aromatic nitrogens is 4. The van der Waals surface area contributed by atoms with E-state index in [9.17, 15) is 19.5 Å². The predicted octanol–water partition coefficient (Wildman–Crippen LogP) is 0.876. The average molecular weight is 398 g/mol. The normalized spacial score (nSPS) is 16.3. The number of rotatable bonds is 3. The predicted molar refractivity (Wildman–Crippen MR) is 102 cm³/mol. The van der Waals surface area contributed by atoms with Gasteiger partial charge in [0, 0.05) is 13.1 Å². The van der Waals surface area contributed by atoms with Gasteiger partial charge in [0.2, 0.25) is 0 Å². The van der Waals surface area contributed by atoms with E-state index < -0.39 is 17.8 Å². The Morgan fingerprint density at radius 3 is 2.59 bits per heavy atom. The highest BCUT2D eigenvalue weighted by molar-refractivity contribution is 5.90. The molecule has 150 valence electrons. The van der Waals surface area contributed by atoms with E-state index in [1.165, 1.54) is 27.5 Å². The van der Waals surface area contributed by atoms with E-state index in [2.05, 4.69) is 9.97 Å². The zero-order valence-corrected chi connectivity index (χ0v) is 15.5. The maximum atomic E-state index is 13.3. The molecule has 1 saturated heterocycles. The van der Waals surface area contributed by atoms with Crippen molar-refractivity contribution in [3.63, 3.8) is 0 Å². The van der Waals surface area contributed by atoms with Gasteiger partial charge in [-0.2, -0.15) is 0 Å². The lowest BCUT2D eigenvalue weighted by molar-refractivity contribution is 0.0600. The van der Waals surface area contributed by atoms with Gasteiger partial charge in [0.1, 0.15) is 11.8 Å². The van der Waals surface area contributed by atoms with Crippen LogP contribution in [0.2, 0.25) is 0 Å². The highest BCUT2D eigenvalue weighted by Crippen LogP contribution is 2.27. The molecule has 0 spiro atoms. The van der Waals surface area contributed by atoms with Crippen molar-refractivity contribution in [1.82, 2.24) is 24.0 Å². The van der Waals surface area contributed by atoms with E-state index >= 15 is 0 Å². The fourth-order valence-electron chi connectivity index (χ4n) is 3.63. The van der Waals surface area contributed by atoms with Crippen LogP contribution < -0.4 is 11.4 Å². The van der Waals surface area contributed by atoms with Gasteiger partial charge in [-0.15, -0.1) is 0 Å². The van der Waals surface area contributed by atoms with Crippen molar-refractivity contribution in [1.29, 1.82) is 0 Å². The molecule has 0 radical (unpaired) electrons. The molecule has 0 saturated carbocycles. The van der Waals surface area contributed by atoms with Gasteiger partial charge in [-0.3, -0.25) is 9.13 Å². The summed E-state index contributed by atoms with van der Waals surface area (Å²) in [6.07, 6.45) is 0.718. The molecule has 1 fully saturated rings. The van der Waals surface area contributed by atoms with Gasteiger partial charge in [-0.1, -0.05) is 0 Å². The molecule has 4 rings (SSSR count). The van der Waals surface area contributed by atoms with E-state index in [0.717, 1.165) is 0 Å². The second-order valence-electron chi connectivity index (χ2n) is 6.63. The van der Waals surface area contributed by atoms with Gasteiger partial charge < -0.3 is 20.5 Å². The molecule has 1 unspecified atom stereocenters. The average Bonchev–Trinajstić information content (AvgIpc) is 3.30. The van der Waals surface area contributed by atoms with Crippen LogP contribution in [0.3, 0.4) is 0 Å². The molecule has 0 aliphatic carbocycles. The van der Waals surface area contributed by atoms with Crippen molar-refractivity contribution in [2.24, 2.45) is 0 Å². The van der Waals surface area contributed by atoms with Gasteiger partial charge in [-0.25, -0.2) is 24.4 Å². The number of imidazole rings is 1. The van der Waals surface area contributed by atoms with Crippen LogP contribution in [0.1, 0.15) is 22.8 Å². The number of likely N-dealkylation sites (tertiary alicyclic amines) is 1. The van der Waals surface area contributed by atoms with Crippen LogP contribution in [-0.4, -0.2) is 61.4 Å². The third-order valence-electron chi connectivity index (χ3n) is 5.03. The topological polar surface area (TPSA) is 146 Å². The highest BCUT2D eigenvalue weighted by atomic mass is 16.5. The summed E-state index contributed by atoms with van der Waals surface area (Å²) in [5.74, 6) is -0.370. The Kier molecular flexibility index (Phi) is 4.41. The lowest BCUT2D eigenvalue weighted by Gasteiger charge is -2.13. The van der Waals surface area contributed by atoms with Gasteiger partial charge in [0.25, 0.3) is 0 Å². The Labute approximate surface area is 163 Å². The molecule has 3 N–H and O–H groups in total. The number of methoxy groups -OCH3 is 1. The maximum absolute atomic E-state index is 13.3. The number of amides is 1. The first kappa shape index (κ1) is 18.5. The molecule has 1 amide bonds. The van der Waals surface area contributed by atoms with E-state index in [4.69, 9.17) is 10.5 Å². The van der Waals surface area contributed by atoms with Crippen molar-refractivity contribution in [2.75, 3.05) is 25.9 Å². The van der Waals surface area contributed by atoms with E-state index in [1.807, 2.05) is 0 Å². The number of esters is 1. The number of carbonyl (C=O) groups is 2. The van der Waals surface area contributed by atoms with Crippen LogP contribution in [0.4, 0.5) is 10.6 Å². The van der Waals surface area contributed by atoms with E-state index in [-0.39, 0.29) is 18.4 Å². The number of hydrogen-bond acceptors (Lipinski definition) is 7. The second-order valence-corrected chi connectivity index (χ2v) is 6.63. The first-order valence-electron chi connectivity index (χ1n) is 8.82. The monoisotopic (exact) mass is 398 g/mol. The first-order valence-corrected chi connectivity index (χ1v) is 8.82. The summed E-state index contributed by atoms with van der Waals surface area (Å²) in [4.78, 5) is 45.8. The standard InChI is InChI=1S/C18H18N6O5/c1-29-16(25)10-2-4-11(5-3-10)23-13-14(19)20-9-21-15(13)24(17(23)26)12-6-7-22(8-12)18(27)28/h2-5,9,12H,6-8H2,1H3,(H,27,28)(H2,19,20,21). The Bertz CT molecular complexity index is 1170. The number of fused-ring (bicyclic) bond motifs is 1. The van der Waals surface area contributed by atoms with Crippen LogP contribution in [0.15, 0.2) is 35.4 Å². The quantitative estimate of drug-likeness (QED) is 0.618. The van der Waals surface area contributed by atoms with Crippen molar-refractivity contribution in [3.05, 3.63) is 46.6 Å². The Hall–Kier alpha value is -3.89. The number of carboxylic acid groups (broad SMARTS) is 1. The van der Waals surface area contributed by atoms with Gasteiger partial charge in [-0.05, 0) is 30.7 Å². The van der Waals surface area contributed by atoms with Crippen molar-refractivity contribution in [3.8, 4) is 5.69 Å². The summed E-state index contributed by atoms with van der Waals surface area (Å²) in [5.41, 5.74) is 7.11. The van der Waals surface area contributed by atoms with Crippen molar-refractivity contribution >= 4 is 29.0 Å². The SMILES string of the molecule is COC(=O)c1ccc(-n2c(=O)n(C3CCN(C(=O)O)C3)c3ncnc(N)c32)cc1. The fourth-order valence-corrected chi connectivity index (χ4v) is 3.63. The molecular formula is C18H18N6O5. The lowest BCUT2D eigenvalue weighted by atomic mass is 10.2. The molecule has 3 heterocycles. The summed E-state index contributed by atoms with van der Waals surface area (Å²) in [6.45, 7) is 0.507. The number of benzene rings is 1. The maximum Gasteiger partial charge on any atom is 0.407 e. The number of nitrogens with zero attached hydrogens (tertiary/aromatic N) is 5. The van der Waals surface area contributed by atoms with Crippen LogP contribution in [0, 0.1) is 0 Å². The molecule has 0 bridgehead atoms. The zero-order chi connectivity index (χ0) is 20.7. The van der Waals surface area contributed by atoms with E-state index in [0.29, 0.717) is 35.4 Å². The molecule has 1 aromatic carbocycles. The Balaban J connectivity index is 1.87. The molecule has 11 nitrogen and oxygen atoms in total. The minimum atomic E-state index is -1.03. The molecular weight excluding hydrogens is 380 g/mol. The number of nitrogens with two attached hydrogens (primary N) is 1. The molecule has 3 aromatic rings. The fraction of sp³-hybridized carbons (Fsp3) is 0.278. The van der Waals surface area contributed by atoms with Gasteiger partial charge >= 0.3 is 17.8 Å². The molecule has 1 atom stereocenters. The number of nitrogen functional groups attached to an aromatic ring is 1. The summed E-state index contributed by atoms with van der Waals surface area (Å²) < 4.78 is 7.52. The molecule has 29 heavy (non-hydrogen) atoms. The van der Waals surface area contributed by atoms with Crippen molar-refractivity contribution in [2.45, 2.75) is 12.5 Å². The summed E-state index contributed by atoms with van der Waals surface area (Å²) >= 11 is 0. The first-order chi connectivity index (χ1) is 13.9. The highest BCUT2D eigenvalue weighted by Gasteiger charge is 2.31. The minimum Gasteiger partial charge on any atom is -0.465 e. The van der Waals surface area contributed by atoms with E-state index in [1.54, 1.807) is 24.3 Å². The Morgan fingerprint density at radius 1 is 1.24 bits per heavy atom. The number of ether oxygens (including phenoxy) is 1. The van der Waals surface area contributed by atoms with Gasteiger partial charge in [0.05, 0.1) is 24.4 Å². The second kappa shape index (κ2) is 6.93. The largest absolute Gasteiger partial charge is 0.465 e. The molecule has 11 heteroatoms. The van der Waals surface area contributed by atoms with Crippen LogP contribution >= 0.6 is 0 Å². The van der Waals surface area contributed by atoms with Crippen LogP contribution in [-0.2, 0) is 4.74 Å². The van der Waals surface area contributed by atoms with Crippen LogP contribution in [0.5, 0.6) is 0 Å². The summed E-state index contributed by atoms with van der Waals surface area (Å²) in [5, 5.41) is 9.23. The smallest absolute Gasteiger partial charge is 0.407 e. The molecule has 1 aliphatic rings. The zero-order valence-electron chi connectivity index (χ0n) is 15.5. The molecule has 1 aliphatic heterocycles. The summed E-state index contributed by atoms with van der Waals surface area (Å²) in [7, 11) is 1.29. The summed E-state index contributed by atoms with van der Waals surface area (Å²) in [6, 6.07) is 5.91.